The van der Waals surface area contributed by atoms with Crippen molar-refractivity contribution in [3.63, 3.8) is 0 Å². The van der Waals surface area contributed by atoms with Gasteiger partial charge in [-0.25, -0.2) is 0 Å². The third kappa shape index (κ3) is 2.83. The number of aromatic nitrogens is 2. The van der Waals surface area contributed by atoms with Crippen LogP contribution in [0.25, 0.3) is 5.70 Å². The summed E-state index contributed by atoms with van der Waals surface area (Å²) in [5.74, 6) is 0.808. The van der Waals surface area contributed by atoms with Crippen molar-refractivity contribution in [1.82, 2.24) is 9.78 Å². The van der Waals surface area contributed by atoms with Crippen LogP contribution in [0.5, 0.6) is 0 Å². The van der Waals surface area contributed by atoms with Crippen LogP contribution in [0, 0.1) is 5.92 Å². The van der Waals surface area contributed by atoms with E-state index in [1.807, 2.05) is 13.8 Å². The van der Waals surface area contributed by atoms with Gasteiger partial charge < -0.3 is 5.73 Å². The molecule has 4 heteroatoms. The predicted octanol–water partition coefficient (Wildman–Crippen LogP) is 3.79. The van der Waals surface area contributed by atoms with Crippen molar-refractivity contribution >= 4 is 11.5 Å². The molecule has 0 spiro atoms. The smallest absolute Gasteiger partial charge is 0.158 e. The lowest BCUT2D eigenvalue weighted by molar-refractivity contribution is -0.113. The highest BCUT2D eigenvalue weighted by Gasteiger charge is 2.31. The molecule has 1 aromatic heterocycles. The molecule has 1 heterocycles. The number of carbonyl (C=O) groups is 1. The second-order valence-corrected chi connectivity index (χ2v) is 7.15. The first-order chi connectivity index (χ1) is 10.5. The Hall–Kier alpha value is -1.58. The van der Waals surface area contributed by atoms with Gasteiger partial charge in [0.25, 0.3) is 0 Å². The summed E-state index contributed by atoms with van der Waals surface area (Å²) in [5.41, 5.74) is 9.94. The largest absolute Gasteiger partial charge is 0.397 e. The van der Waals surface area contributed by atoms with Crippen LogP contribution < -0.4 is 5.73 Å². The van der Waals surface area contributed by atoms with Gasteiger partial charge in [-0.3, -0.25) is 9.48 Å². The number of allylic oxidation sites excluding steroid dienone is 1. The highest BCUT2D eigenvalue weighted by atomic mass is 16.1. The summed E-state index contributed by atoms with van der Waals surface area (Å²) in [4.78, 5) is 12.0. The molecule has 2 aliphatic rings. The number of Topliss-reactive ketones (excluding diaryl/α,β-unsaturated/α-hetero) is 1. The predicted molar refractivity (Wildman–Crippen MR) is 88.3 cm³/mol. The van der Waals surface area contributed by atoms with Crippen molar-refractivity contribution in [2.45, 2.75) is 71.3 Å². The highest BCUT2D eigenvalue weighted by molar-refractivity contribution is 6.00. The molecule has 0 saturated heterocycles. The maximum atomic E-state index is 12.0. The summed E-state index contributed by atoms with van der Waals surface area (Å²) in [6.07, 6.45) is 7.32. The van der Waals surface area contributed by atoms with Crippen LogP contribution in [0.15, 0.2) is 11.6 Å². The molecule has 120 valence electrons. The third-order valence-corrected chi connectivity index (χ3v) is 4.94. The van der Waals surface area contributed by atoms with E-state index in [0.29, 0.717) is 17.7 Å². The molecule has 2 saturated carbocycles. The quantitative estimate of drug-likeness (QED) is 0.842. The summed E-state index contributed by atoms with van der Waals surface area (Å²) >= 11 is 0. The molecular formula is C18H27N3O. The van der Waals surface area contributed by atoms with Crippen molar-refractivity contribution in [1.29, 1.82) is 0 Å². The minimum absolute atomic E-state index is 0.0691. The molecule has 0 radical (unpaired) electrons. The number of nitrogens with two attached hydrogens (primary N) is 1. The molecule has 2 N–H and O–H groups in total. The fourth-order valence-electron chi connectivity index (χ4n) is 3.67. The molecule has 0 aromatic carbocycles. The second-order valence-electron chi connectivity index (χ2n) is 7.15. The van der Waals surface area contributed by atoms with Crippen LogP contribution in [-0.2, 0) is 4.79 Å². The number of ketones is 1. The average molecular weight is 301 g/mol. The van der Waals surface area contributed by atoms with E-state index in [9.17, 15) is 4.79 Å². The third-order valence-electron chi connectivity index (χ3n) is 4.94. The van der Waals surface area contributed by atoms with Crippen molar-refractivity contribution in [2.24, 2.45) is 11.7 Å². The lowest BCUT2D eigenvalue weighted by atomic mass is 9.96. The SMILES string of the molecule is CC(=O)/C(=C(\N)c1cc(C2CC2)nn1C1CCCC1)C(C)C. The van der Waals surface area contributed by atoms with E-state index in [1.165, 1.54) is 38.5 Å². The fraction of sp³-hybridized carbons (Fsp3) is 0.667. The molecule has 2 fully saturated rings. The van der Waals surface area contributed by atoms with Gasteiger partial charge in [-0.1, -0.05) is 26.7 Å². The number of hydrogen-bond acceptors (Lipinski definition) is 3. The highest BCUT2D eigenvalue weighted by Crippen LogP contribution is 2.41. The summed E-state index contributed by atoms with van der Waals surface area (Å²) in [7, 11) is 0. The minimum Gasteiger partial charge on any atom is -0.397 e. The van der Waals surface area contributed by atoms with Gasteiger partial charge in [0.15, 0.2) is 5.78 Å². The number of nitrogens with zero attached hydrogens (tertiary/aromatic N) is 2. The van der Waals surface area contributed by atoms with Gasteiger partial charge in [0.05, 0.1) is 23.1 Å². The Morgan fingerprint density at radius 2 is 1.91 bits per heavy atom. The summed E-state index contributed by atoms with van der Waals surface area (Å²) in [6.45, 7) is 5.67. The number of carbonyl (C=O) groups excluding carboxylic acids is 1. The van der Waals surface area contributed by atoms with Gasteiger partial charge in [0.2, 0.25) is 0 Å². The molecule has 3 rings (SSSR count). The van der Waals surface area contributed by atoms with Gasteiger partial charge in [0.1, 0.15) is 0 Å². The lowest BCUT2D eigenvalue weighted by Crippen LogP contribution is -2.18. The van der Waals surface area contributed by atoms with Crippen LogP contribution in [0.2, 0.25) is 0 Å². The van der Waals surface area contributed by atoms with E-state index >= 15 is 0 Å². The number of hydrogen-bond donors (Lipinski definition) is 1. The molecule has 0 atom stereocenters. The average Bonchev–Trinajstić information content (AvgIpc) is 3.00. The van der Waals surface area contributed by atoms with E-state index < -0.39 is 0 Å². The molecule has 0 aliphatic heterocycles. The van der Waals surface area contributed by atoms with Gasteiger partial charge in [-0.2, -0.15) is 5.10 Å². The van der Waals surface area contributed by atoms with E-state index in [2.05, 4.69) is 10.7 Å². The Labute approximate surface area is 132 Å². The summed E-state index contributed by atoms with van der Waals surface area (Å²) in [6, 6.07) is 2.58. The summed E-state index contributed by atoms with van der Waals surface area (Å²) < 4.78 is 2.13. The second kappa shape index (κ2) is 5.90. The first-order valence-corrected chi connectivity index (χ1v) is 8.59. The Balaban J connectivity index is 2.07. The summed E-state index contributed by atoms with van der Waals surface area (Å²) in [5, 5.41) is 4.87. The molecular weight excluding hydrogens is 274 g/mol. The van der Waals surface area contributed by atoms with Crippen molar-refractivity contribution in [3.8, 4) is 0 Å². The number of rotatable bonds is 5. The molecule has 4 nitrogen and oxygen atoms in total. The van der Waals surface area contributed by atoms with Crippen molar-refractivity contribution < 1.29 is 4.79 Å². The Kier molecular flexibility index (Phi) is 4.11. The molecule has 0 bridgehead atoms. The van der Waals surface area contributed by atoms with Crippen LogP contribution in [0.1, 0.15) is 82.6 Å². The van der Waals surface area contributed by atoms with Crippen LogP contribution >= 0.6 is 0 Å². The van der Waals surface area contributed by atoms with Gasteiger partial charge in [-0.05, 0) is 44.6 Å². The Morgan fingerprint density at radius 1 is 1.27 bits per heavy atom. The van der Waals surface area contributed by atoms with Crippen LogP contribution in [0.4, 0.5) is 0 Å². The topological polar surface area (TPSA) is 60.9 Å². The molecule has 0 amide bonds. The normalized spacial score (nSPS) is 20.5. The first kappa shape index (κ1) is 15.3. The van der Waals surface area contributed by atoms with Crippen LogP contribution in [0.3, 0.4) is 0 Å². The van der Waals surface area contributed by atoms with E-state index in [4.69, 9.17) is 10.8 Å². The maximum absolute atomic E-state index is 12.0. The Morgan fingerprint density at radius 3 is 2.41 bits per heavy atom. The molecule has 22 heavy (non-hydrogen) atoms. The van der Waals surface area contributed by atoms with Gasteiger partial charge in [0, 0.05) is 11.5 Å². The lowest BCUT2D eigenvalue weighted by Gasteiger charge is -2.17. The van der Waals surface area contributed by atoms with Gasteiger partial charge in [-0.15, -0.1) is 0 Å². The monoisotopic (exact) mass is 301 g/mol. The van der Waals surface area contributed by atoms with Crippen molar-refractivity contribution in [2.75, 3.05) is 0 Å². The van der Waals surface area contributed by atoms with Gasteiger partial charge >= 0.3 is 0 Å². The molecule has 2 aliphatic carbocycles. The Bertz CT molecular complexity index is 602. The maximum Gasteiger partial charge on any atom is 0.158 e. The van der Waals surface area contributed by atoms with E-state index in [1.54, 1.807) is 6.92 Å². The minimum atomic E-state index is 0.0691. The molecule has 1 aromatic rings. The first-order valence-electron chi connectivity index (χ1n) is 8.59. The zero-order valence-electron chi connectivity index (χ0n) is 13.9. The standard InChI is InChI=1S/C18H27N3O/c1-11(2)17(12(3)22)18(19)16-10-15(13-8-9-13)20-21(16)14-6-4-5-7-14/h10-11,13-14H,4-9,19H2,1-3H3/b18-17-. The zero-order valence-corrected chi connectivity index (χ0v) is 13.9. The zero-order chi connectivity index (χ0) is 15.9. The molecule has 0 unspecified atom stereocenters. The van der Waals surface area contributed by atoms with E-state index in [-0.39, 0.29) is 11.7 Å². The van der Waals surface area contributed by atoms with Crippen molar-refractivity contribution in [3.05, 3.63) is 23.0 Å². The van der Waals surface area contributed by atoms with Crippen LogP contribution in [-0.4, -0.2) is 15.6 Å². The van der Waals surface area contributed by atoms with E-state index in [0.717, 1.165) is 17.0 Å². The fourth-order valence-corrected chi connectivity index (χ4v) is 3.67.